The second-order valence-corrected chi connectivity index (χ2v) is 3.22. The molecule has 0 saturated heterocycles. The van der Waals surface area contributed by atoms with Gasteiger partial charge in [0.2, 0.25) is 0 Å². The molecule has 1 heterocycles. The number of hydrogen-bond acceptors (Lipinski definition) is 2. The van der Waals surface area contributed by atoms with Crippen molar-refractivity contribution >= 4 is 11.8 Å². The average molecular weight is 182 g/mol. The lowest BCUT2D eigenvalue weighted by molar-refractivity contribution is 1.24. The molecule has 0 bridgehead atoms. The van der Waals surface area contributed by atoms with Crippen molar-refractivity contribution in [3.8, 4) is 6.07 Å². The Labute approximate surface area is 83.2 Å². The smallest absolute Gasteiger partial charge is 0.0738 e. The zero-order valence-electron chi connectivity index (χ0n) is 7.77. The van der Waals surface area contributed by atoms with Crippen LogP contribution < -0.4 is 0 Å². The maximum absolute atomic E-state index is 8.60. The summed E-state index contributed by atoms with van der Waals surface area (Å²) < 4.78 is 0. The van der Waals surface area contributed by atoms with Crippen LogP contribution in [0, 0.1) is 11.3 Å². The van der Waals surface area contributed by atoms with Crippen LogP contribution in [-0.2, 0) is 6.42 Å². The molecule has 0 amide bonds. The molecule has 68 valence electrons. The lowest BCUT2D eigenvalue weighted by atomic mass is 10.0. The molecular weight excluding hydrogens is 172 g/mol. The van der Waals surface area contributed by atoms with Gasteiger partial charge in [0, 0.05) is 18.3 Å². The molecule has 0 fully saturated rings. The van der Waals surface area contributed by atoms with E-state index in [0.29, 0.717) is 6.42 Å². The third-order valence-corrected chi connectivity index (χ3v) is 2.24. The summed E-state index contributed by atoms with van der Waals surface area (Å²) in [6.07, 6.45) is 4.97. The molecule has 2 nitrogen and oxygen atoms in total. The van der Waals surface area contributed by atoms with E-state index in [-0.39, 0.29) is 0 Å². The van der Waals surface area contributed by atoms with Gasteiger partial charge >= 0.3 is 0 Å². The molecule has 0 radical (unpaired) electrons. The maximum Gasteiger partial charge on any atom is 0.0738 e. The fourth-order valence-corrected chi connectivity index (χ4v) is 1.55. The standard InChI is InChI=1S/C12H10N2/c13-7-5-12-9-11-4-2-1-3-10(11)6-8-14-12/h1-4,6,8H,5,9H2. The fourth-order valence-electron chi connectivity index (χ4n) is 1.55. The zero-order valence-corrected chi connectivity index (χ0v) is 7.77. The molecule has 1 aromatic rings. The summed E-state index contributed by atoms with van der Waals surface area (Å²) in [6, 6.07) is 10.3. The Morgan fingerprint density at radius 1 is 1.36 bits per heavy atom. The molecule has 0 aromatic heterocycles. The van der Waals surface area contributed by atoms with E-state index in [1.165, 1.54) is 11.1 Å². The van der Waals surface area contributed by atoms with Crippen LogP contribution in [0.25, 0.3) is 6.08 Å². The molecule has 2 heteroatoms. The van der Waals surface area contributed by atoms with Crippen molar-refractivity contribution in [2.45, 2.75) is 12.8 Å². The van der Waals surface area contributed by atoms with E-state index in [2.05, 4.69) is 23.2 Å². The Bertz CT molecular complexity index is 436. The minimum atomic E-state index is 0.415. The number of nitriles is 1. The maximum atomic E-state index is 8.60. The molecule has 0 spiro atoms. The van der Waals surface area contributed by atoms with Gasteiger partial charge in [0.1, 0.15) is 0 Å². The highest BCUT2D eigenvalue weighted by Gasteiger charge is 2.06. The van der Waals surface area contributed by atoms with Gasteiger partial charge in [0.25, 0.3) is 0 Å². The highest BCUT2D eigenvalue weighted by Crippen LogP contribution is 2.15. The lowest BCUT2D eigenvalue weighted by Gasteiger charge is -2.02. The van der Waals surface area contributed by atoms with Crippen LogP contribution in [0.4, 0.5) is 0 Å². The molecule has 0 aliphatic carbocycles. The van der Waals surface area contributed by atoms with Gasteiger partial charge in [-0.15, -0.1) is 0 Å². The predicted octanol–water partition coefficient (Wildman–Crippen LogP) is 2.57. The largest absolute Gasteiger partial charge is 0.264 e. The second-order valence-electron chi connectivity index (χ2n) is 3.22. The number of hydrogen-bond donors (Lipinski definition) is 0. The van der Waals surface area contributed by atoms with E-state index in [1.807, 2.05) is 18.2 Å². The van der Waals surface area contributed by atoms with E-state index in [4.69, 9.17) is 5.26 Å². The third kappa shape index (κ3) is 1.72. The van der Waals surface area contributed by atoms with Crippen molar-refractivity contribution in [3.05, 3.63) is 41.6 Å². The van der Waals surface area contributed by atoms with Crippen molar-refractivity contribution in [1.29, 1.82) is 5.26 Å². The Hall–Kier alpha value is -1.88. The summed E-state index contributed by atoms with van der Waals surface area (Å²) in [5, 5.41) is 8.60. The van der Waals surface area contributed by atoms with Crippen molar-refractivity contribution in [2.24, 2.45) is 4.99 Å². The van der Waals surface area contributed by atoms with E-state index in [1.54, 1.807) is 6.20 Å². The van der Waals surface area contributed by atoms with Gasteiger partial charge in [-0.25, -0.2) is 0 Å². The summed E-state index contributed by atoms with van der Waals surface area (Å²) >= 11 is 0. The highest BCUT2D eigenvalue weighted by molar-refractivity contribution is 5.90. The van der Waals surface area contributed by atoms with Gasteiger partial charge in [-0.3, -0.25) is 4.99 Å². The normalized spacial score (nSPS) is 13.8. The molecule has 0 saturated carbocycles. The van der Waals surface area contributed by atoms with Crippen LogP contribution in [0.1, 0.15) is 17.5 Å². The number of aliphatic imine (C=N–C) groups is 1. The molecule has 2 rings (SSSR count). The van der Waals surface area contributed by atoms with E-state index >= 15 is 0 Å². The van der Waals surface area contributed by atoms with Crippen LogP contribution in [-0.4, -0.2) is 5.71 Å². The number of fused-ring (bicyclic) bond motifs is 1. The molecule has 0 N–H and O–H groups in total. The van der Waals surface area contributed by atoms with Crippen molar-refractivity contribution in [1.82, 2.24) is 0 Å². The topological polar surface area (TPSA) is 36.1 Å². The van der Waals surface area contributed by atoms with Gasteiger partial charge in [-0.2, -0.15) is 5.26 Å². The van der Waals surface area contributed by atoms with Crippen LogP contribution >= 0.6 is 0 Å². The van der Waals surface area contributed by atoms with E-state index in [9.17, 15) is 0 Å². The summed E-state index contributed by atoms with van der Waals surface area (Å²) in [5.41, 5.74) is 3.38. The molecule has 14 heavy (non-hydrogen) atoms. The minimum Gasteiger partial charge on any atom is -0.264 e. The summed E-state index contributed by atoms with van der Waals surface area (Å²) in [4.78, 5) is 4.24. The Balaban J connectivity index is 2.34. The third-order valence-electron chi connectivity index (χ3n) is 2.24. The van der Waals surface area contributed by atoms with Gasteiger partial charge in [-0.05, 0) is 17.2 Å². The number of rotatable bonds is 1. The van der Waals surface area contributed by atoms with Gasteiger partial charge in [-0.1, -0.05) is 24.3 Å². The molecule has 1 aromatic carbocycles. The summed E-state index contributed by atoms with van der Waals surface area (Å²) in [7, 11) is 0. The van der Waals surface area contributed by atoms with Gasteiger partial charge in [0.15, 0.2) is 0 Å². The van der Waals surface area contributed by atoms with Crippen LogP contribution in [0.15, 0.2) is 35.5 Å². The first-order chi connectivity index (χ1) is 6.90. The molecule has 0 atom stereocenters. The first-order valence-corrected chi connectivity index (χ1v) is 4.57. The van der Waals surface area contributed by atoms with Crippen LogP contribution in [0.2, 0.25) is 0 Å². The first kappa shape index (κ1) is 8.71. The van der Waals surface area contributed by atoms with Crippen LogP contribution in [0.3, 0.4) is 0 Å². The van der Waals surface area contributed by atoms with E-state index < -0.39 is 0 Å². The number of benzene rings is 1. The Morgan fingerprint density at radius 3 is 3.07 bits per heavy atom. The summed E-state index contributed by atoms with van der Waals surface area (Å²) in [5.74, 6) is 0. The molecular formula is C12H10N2. The minimum absolute atomic E-state index is 0.415. The highest BCUT2D eigenvalue weighted by atomic mass is 14.7. The molecule has 1 aliphatic heterocycles. The summed E-state index contributed by atoms with van der Waals surface area (Å²) in [6.45, 7) is 0. The fraction of sp³-hybridized carbons (Fsp3) is 0.167. The Kier molecular flexibility index (Phi) is 2.42. The predicted molar refractivity (Wildman–Crippen MR) is 56.8 cm³/mol. The zero-order chi connectivity index (χ0) is 9.80. The van der Waals surface area contributed by atoms with Crippen molar-refractivity contribution < 1.29 is 0 Å². The molecule has 0 unspecified atom stereocenters. The Morgan fingerprint density at radius 2 is 2.21 bits per heavy atom. The SMILES string of the molecule is N#CCC1=NC=Cc2ccccc2C1. The molecule has 1 aliphatic rings. The van der Waals surface area contributed by atoms with Crippen LogP contribution in [0.5, 0.6) is 0 Å². The first-order valence-electron chi connectivity index (χ1n) is 4.57. The van der Waals surface area contributed by atoms with E-state index in [0.717, 1.165) is 12.1 Å². The van der Waals surface area contributed by atoms with Gasteiger partial charge < -0.3 is 0 Å². The monoisotopic (exact) mass is 182 g/mol. The van der Waals surface area contributed by atoms with Gasteiger partial charge in [0.05, 0.1) is 12.5 Å². The van der Waals surface area contributed by atoms with Crippen molar-refractivity contribution in [3.63, 3.8) is 0 Å². The number of nitrogens with zero attached hydrogens (tertiary/aromatic N) is 2. The van der Waals surface area contributed by atoms with Crippen molar-refractivity contribution in [2.75, 3.05) is 0 Å². The average Bonchev–Trinajstić information content (AvgIpc) is 2.40. The quantitative estimate of drug-likeness (QED) is 0.657. The lowest BCUT2D eigenvalue weighted by Crippen LogP contribution is -2.01. The second kappa shape index (κ2) is 3.89.